The van der Waals surface area contributed by atoms with Crippen molar-refractivity contribution >= 4 is 11.3 Å². The van der Waals surface area contributed by atoms with Gasteiger partial charge in [-0.25, -0.2) is 0 Å². The molecule has 5 rings (SSSR count). The predicted octanol–water partition coefficient (Wildman–Crippen LogP) is 8.52. The third kappa shape index (κ3) is 10.7. The van der Waals surface area contributed by atoms with Gasteiger partial charge in [-0.1, -0.05) is 78.7 Å². The molecule has 3 nitrogen and oxygen atoms in total. The van der Waals surface area contributed by atoms with E-state index in [0.717, 1.165) is 45.0 Å². The maximum Gasteiger partial charge on any atom is 3.00 e. The Hall–Kier alpha value is -2.16. The van der Waals surface area contributed by atoms with Crippen LogP contribution in [0.2, 0.25) is 0 Å². The van der Waals surface area contributed by atoms with Crippen molar-refractivity contribution in [1.82, 2.24) is 0 Å². The standard InChI is InChI=1S/C25H26NO2.2C5H5.Zr/c1-17-9-8-10-18(2)24(17)26-19(3)23(20-11-6-5-7-12-20)25(27)21-13-15-22(28-4)16-14-21;2*1-2-4-5-3-1;/h5-16,25,27H,1-4H3;2*1-5H;/q-1;;;+3/b23-19-;;;. The molecule has 0 saturated heterocycles. The number of nitrogens with zero attached hydrogens (tertiary/aromatic N) is 1. The molecule has 0 amide bonds. The Balaban J connectivity index is 0.000000403. The van der Waals surface area contributed by atoms with Crippen molar-refractivity contribution < 1.29 is 36.0 Å². The second-order valence-corrected chi connectivity index (χ2v) is 8.82. The Kier molecular flexibility index (Phi) is 15.5. The summed E-state index contributed by atoms with van der Waals surface area (Å²) in [5, 5.41) is 16.1. The first-order chi connectivity index (χ1) is 18.5. The van der Waals surface area contributed by atoms with Crippen LogP contribution in [0.5, 0.6) is 5.75 Å². The molecule has 0 spiro atoms. The first kappa shape index (κ1) is 33.1. The quantitative estimate of drug-likeness (QED) is 0.311. The largest absolute Gasteiger partial charge is 3.00 e. The number of allylic oxidation sites excluding steroid dienone is 1. The van der Waals surface area contributed by atoms with Crippen LogP contribution in [0.1, 0.15) is 35.3 Å². The molecular formula is C35H36NO2Zr+2. The number of para-hydroxylation sites is 1. The van der Waals surface area contributed by atoms with E-state index in [9.17, 15) is 5.11 Å². The number of hydrogen-bond donors (Lipinski definition) is 1. The van der Waals surface area contributed by atoms with Gasteiger partial charge in [-0.15, -0.1) is 5.69 Å². The molecule has 2 saturated carbocycles. The molecule has 0 aromatic heterocycles. The zero-order chi connectivity index (χ0) is 27.2. The van der Waals surface area contributed by atoms with Gasteiger partial charge >= 0.3 is 26.2 Å². The number of aliphatic hydroxyl groups excluding tert-OH is 1. The second kappa shape index (κ2) is 18.2. The monoisotopic (exact) mass is 592 g/mol. The van der Waals surface area contributed by atoms with E-state index in [-0.39, 0.29) is 26.2 Å². The number of aryl methyl sites for hydroxylation is 2. The van der Waals surface area contributed by atoms with Crippen molar-refractivity contribution in [2.45, 2.75) is 26.9 Å². The molecule has 4 heteroatoms. The summed E-state index contributed by atoms with van der Waals surface area (Å²) in [5.41, 5.74) is 6.54. The van der Waals surface area contributed by atoms with Crippen molar-refractivity contribution in [2.24, 2.45) is 0 Å². The first-order valence-electron chi connectivity index (χ1n) is 12.7. The third-order valence-corrected chi connectivity index (χ3v) is 6.01. The molecule has 195 valence electrons. The fraction of sp³-hybridized carbons (Fsp3) is 0.143. The predicted molar refractivity (Wildman–Crippen MR) is 159 cm³/mol. The average molecular weight is 594 g/mol. The van der Waals surface area contributed by atoms with Gasteiger partial charge in [0, 0.05) is 0 Å². The number of methoxy groups -OCH3 is 1. The van der Waals surface area contributed by atoms with Gasteiger partial charge in [-0.05, 0) is 107 Å². The average Bonchev–Trinajstić information content (AvgIpc) is 3.72. The summed E-state index contributed by atoms with van der Waals surface area (Å²) in [6.07, 6.45) is 19.2. The van der Waals surface area contributed by atoms with Crippen molar-refractivity contribution in [3.63, 3.8) is 0 Å². The molecule has 2 aliphatic carbocycles. The van der Waals surface area contributed by atoms with Crippen molar-refractivity contribution in [3.05, 3.63) is 170 Å². The molecule has 3 aromatic carbocycles. The van der Waals surface area contributed by atoms with Crippen LogP contribution in [0.4, 0.5) is 5.69 Å². The Labute approximate surface area is 256 Å². The van der Waals surface area contributed by atoms with Gasteiger partial charge in [-0.2, -0.15) is 5.70 Å². The van der Waals surface area contributed by atoms with Gasteiger partial charge in [0.05, 0.1) is 7.11 Å². The van der Waals surface area contributed by atoms with Crippen LogP contribution in [0.15, 0.2) is 78.5 Å². The van der Waals surface area contributed by atoms with Crippen molar-refractivity contribution in [1.29, 1.82) is 0 Å². The molecule has 11 radical (unpaired) electrons. The van der Waals surface area contributed by atoms with Gasteiger partial charge < -0.3 is 15.2 Å². The smallest absolute Gasteiger partial charge is 0.661 e. The number of aliphatic hydroxyl groups is 1. The summed E-state index contributed by atoms with van der Waals surface area (Å²) >= 11 is 0. The molecule has 1 N–H and O–H groups in total. The molecule has 0 heterocycles. The Morgan fingerprint density at radius 3 is 1.56 bits per heavy atom. The number of hydrogen-bond acceptors (Lipinski definition) is 2. The SMILES string of the molecule is COc1ccc(C(O)/C(=C(/C)[N-]c2c(C)cccc2C)c2ccccc2)cc1.[CH]1[CH][CH][CH][CH]1.[CH]1[CH][CH][CH][CH]1.[Zr+3]. The molecule has 39 heavy (non-hydrogen) atoms. The zero-order valence-corrected chi connectivity index (χ0v) is 25.5. The van der Waals surface area contributed by atoms with Gasteiger partial charge in [-0.3, -0.25) is 0 Å². The van der Waals surface area contributed by atoms with Gasteiger partial charge in [0.15, 0.2) is 0 Å². The molecule has 1 atom stereocenters. The summed E-state index contributed by atoms with van der Waals surface area (Å²) in [7, 11) is 1.63. The maximum atomic E-state index is 11.2. The van der Waals surface area contributed by atoms with E-state index in [1.165, 1.54) is 0 Å². The molecule has 0 aliphatic heterocycles. The zero-order valence-electron chi connectivity index (χ0n) is 23.1. The summed E-state index contributed by atoms with van der Waals surface area (Å²) in [5.74, 6) is 0.762. The van der Waals surface area contributed by atoms with Crippen LogP contribution in [-0.2, 0) is 26.2 Å². The van der Waals surface area contributed by atoms with E-state index in [0.29, 0.717) is 0 Å². The van der Waals surface area contributed by atoms with Crippen molar-refractivity contribution in [3.8, 4) is 5.75 Å². The molecule has 0 bridgehead atoms. The molecule has 3 aromatic rings. The summed E-state index contributed by atoms with van der Waals surface area (Å²) < 4.78 is 5.23. The Morgan fingerprint density at radius 2 is 1.13 bits per heavy atom. The van der Waals surface area contributed by atoms with E-state index in [1.54, 1.807) is 7.11 Å². The fourth-order valence-electron chi connectivity index (χ4n) is 3.99. The summed E-state index contributed by atoms with van der Waals surface area (Å²) in [6.45, 7) is 6.07. The normalized spacial score (nSPS) is 15.4. The van der Waals surface area contributed by atoms with E-state index in [2.05, 4.69) is 26.0 Å². The number of ether oxygens (including phenoxy) is 1. The maximum absolute atomic E-state index is 11.2. The van der Waals surface area contributed by atoms with Crippen LogP contribution in [0.25, 0.3) is 10.9 Å². The Morgan fingerprint density at radius 1 is 0.667 bits per heavy atom. The van der Waals surface area contributed by atoms with Crippen molar-refractivity contribution in [2.75, 3.05) is 7.11 Å². The van der Waals surface area contributed by atoms with Gasteiger partial charge in [0.2, 0.25) is 0 Å². The molecule has 2 fully saturated rings. The minimum absolute atomic E-state index is 0. The number of benzene rings is 3. The molecular weight excluding hydrogens is 558 g/mol. The summed E-state index contributed by atoms with van der Waals surface area (Å²) in [4.78, 5) is 0. The number of rotatable bonds is 6. The Bertz CT molecular complexity index is 1070. The van der Waals surface area contributed by atoms with E-state index in [1.807, 2.05) is 132 Å². The molecule has 1 unspecified atom stereocenters. The minimum atomic E-state index is -0.790. The minimum Gasteiger partial charge on any atom is -0.661 e. The van der Waals surface area contributed by atoms with E-state index >= 15 is 0 Å². The van der Waals surface area contributed by atoms with Crippen LogP contribution < -0.4 is 4.74 Å². The van der Waals surface area contributed by atoms with E-state index < -0.39 is 6.10 Å². The van der Waals surface area contributed by atoms with Crippen LogP contribution in [0, 0.1) is 78.1 Å². The van der Waals surface area contributed by atoms with Gasteiger partial charge in [0.1, 0.15) is 11.9 Å². The fourth-order valence-corrected chi connectivity index (χ4v) is 3.99. The first-order valence-corrected chi connectivity index (χ1v) is 12.7. The third-order valence-electron chi connectivity index (χ3n) is 6.01. The molecule has 2 aliphatic rings. The van der Waals surface area contributed by atoms with Crippen LogP contribution in [0.3, 0.4) is 0 Å². The van der Waals surface area contributed by atoms with Gasteiger partial charge in [0.25, 0.3) is 0 Å². The second-order valence-electron chi connectivity index (χ2n) is 8.82. The van der Waals surface area contributed by atoms with E-state index in [4.69, 9.17) is 10.1 Å². The van der Waals surface area contributed by atoms with Crippen LogP contribution in [-0.4, -0.2) is 12.2 Å². The summed E-state index contributed by atoms with van der Waals surface area (Å²) in [6, 6.07) is 23.6. The van der Waals surface area contributed by atoms with Crippen LogP contribution >= 0.6 is 0 Å². The topological polar surface area (TPSA) is 43.6 Å².